The van der Waals surface area contributed by atoms with Crippen molar-refractivity contribution in [2.24, 2.45) is 0 Å². The fraction of sp³-hybridized carbons (Fsp3) is 0.0870. The molecule has 0 fully saturated rings. The lowest BCUT2D eigenvalue weighted by molar-refractivity contribution is -0.385. The van der Waals surface area contributed by atoms with E-state index in [1.165, 1.54) is 12.1 Å². The first kappa shape index (κ1) is 22.9. The number of hydrogen-bond acceptors (Lipinski definition) is 6. The first-order chi connectivity index (χ1) is 15.8. The molecule has 0 aromatic heterocycles. The van der Waals surface area contributed by atoms with Crippen LogP contribution in [0.5, 0.6) is 0 Å². The highest BCUT2D eigenvalue weighted by Crippen LogP contribution is 2.20. The molecule has 0 aliphatic heterocycles. The van der Waals surface area contributed by atoms with Crippen LogP contribution in [0.25, 0.3) is 0 Å². The van der Waals surface area contributed by atoms with Crippen LogP contribution in [0.1, 0.15) is 15.9 Å². The van der Waals surface area contributed by atoms with E-state index in [1.807, 2.05) is 0 Å². The Hall–Kier alpha value is -4.73. The van der Waals surface area contributed by atoms with Crippen LogP contribution in [0.3, 0.4) is 0 Å². The lowest BCUT2D eigenvalue weighted by Crippen LogP contribution is -2.49. The molecule has 0 saturated carbocycles. The summed E-state index contributed by atoms with van der Waals surface area (Å²) >= 11 is 0. The van der Waals surface area contributed by atoms with Crippen molar-refractivity contribution < 1.29 is 24.0 Å². The van der Waals surface area contributed by atoms with Crippen LogP contribution in [0.15, 0.2) is 78.9 Å². The molecule has 3 aromatic rings. The number of hydrogen-bond donors (Lipinski definition) is 2. The molecule has 3 aromatic carbocycles. The number of esters is 1. The van der Waals surface area contributed by atoms with Crippen LogP contribution in [-0.4, -0.2) is 29.4 Å². The average molecular weight is 448 g/mol. The van der Waals surface area contributed by atoms with E-state index in [0.717, 1.165) is 11.1 Å². The number of rotatable bonds is 6. The number of para-hydroxylation sites is 2. The molecule has 33 heavy (non-hydrogen) atoms. The van der Waals surface area contributed by atoms with Gasteiger partial charge in [-0.3, -0.25) is 14.9 Å². The Morgan fingerprint density at radius 3 is 2.24 bits per heavy atom. The van der Waals surface area contributed by atoms with Crippen molar-refractivity contribution in [3.8, 4) is 0 Å². The monoisotopic (exact) mass is 448 g/mol. The van der Waals surface area contributed by atoms with Gasteiger partial charge >= 0.3 is 12.0 Å². The van der Waals surface area contributed by atoms with Crippen molar-refractivity contribution >= 4 is 35.0 Å². The van der Waals surface area contributed by atoms with Crippen molar-refractivity contribution in [2.75, 3.05) is 16.9 Å². The molecule has 0 aliphatic carbocycles. The molecule has 0 radical (unpaired) electrons. The number of urea groups is 1. The lowest BCUT2D eigenvalue weighted by Gasteiger charge is -2.23. The van der Waals surface area contributed by atoms with Crippen LogP contribution in [0.4, 0.5) is 21.9 Å². The summed E-state index contributed by atoms with van der Waals surface area (Å²) in [7, 11) is 0. The van der Waals surface area contributed by atoms with Crippen LogP contribution < -0.4 is 15.8 Å². The van der Waals surface area contributed by atoms with Gasteiger partial charge in [0.05, 0.1) is 16.2 Å². The number of ether oxygens (including phenoxy) is 1. The predicted octanol–water partition coefficient (Wildman–Crippen LogP) is 3.83. The molecular formula is C23H20N4O6. The molecule has 3 amide bonds. The number of aryl methyl sites for hydroxylation is 1. The van der Waals surface area contributed by atoms with Crippen LogP contribution in [0, 0.1) is 17.0 Å². The number of amides is 3. The number of nitro groups is 1. The van der Waals surface area contributed by atoms with Gasteiger partial charge in [-0.15, -0.1) is 0 Å². The molecule has 0 heterocycles. The van der Waals surface area contributed by atoms with Gasteiger partial charge in [-0.1, -0.05) is 42.5 Å². The molecule has 168 valence electrons. The topological polar surface area (TPSA) is 131 Å². The van der Waals surface area contributed by atoms with Crippen molar-refractivity contribution in [1.29, 1.82) is 0 Å². The van der Waals surface area contributed by atoms with Gasteiger partial charge < -0.3 is 10.1 Å². The highest BCUT2D eigenvalue weighted by Gasteiger charge is 2.22. The van der Waals surface area contributed by atoms with E-state index in [-0.39, 0.29) is 11.3 Å². The minimum Gasteiger partial charge on any atom is -0.452 e. The molecule has 0 aliphatic rings. The number of hydrazine groups is 1. The molecule has 2 N–H and O–H groups in total. The first-order valence-corrected chi connectivity index (χ1v) is 9.78. The summed E-state index contributed by atoms with van der Waals surface area (Å²) in [5, 5.41) is 14.6. The standard InChI is InChI=1S/C23H20N4O6/c1-16-12-13-17(14-20(16)27(31)32)22(29)33-15-21(28)26(19-10-6-3-7-11-19)25-23(30)24-18-8-4-2-5-9-18/h2-14H,15H2,1H3,(H2,24,25,30). The first-order valence-electron chi connectivity index (χ1n) is 9.78. The van der Waals surface area contributed by atoms with E-state index in [0.29, 0.717) is 16.9 Å². The van der Waals surface area contributed by atoms with Gasteiger partial charge in [0.25, 0.3) is 11.6 Å². The maximum Gasteiger partial charge on any atom is 0.338 e. The van der Waals surface area contributed by atoms with Crippen molar-refractivity contribution in [3.05, 3.63) is 100 Å². The number of benzene rings is 3. The number of carbonyl (C=O) groups is 3. The average Bonchev–Trinajstić information content (AvgIpc) is 2.82. The molecule has 0 spiro atoms. The fourth-order valence-electron chi connectivity index (χ4n) is 2.84. The third-order valence-corrected chi connectivity index (χ3v) is 4.48. The zero-order valence-electron chi connectivity index (χ0n) is 17.6. The Balaban J connectivity index is 1.70. The summed E-state index contributed by atoms with van der Waals surface area (Å²) in [6.45, 7) is 0.835. The van der Waals surface area contributed by atoms with Crippen LogP contribution in [-0.2, 0) is 9.53 Å². The highest BCUT2D eigenvalue weighted by molar-refractivity contribution is 6.01. The summed E-state index contributed by atoms with van der Waals surface area (Å²) in [6, 6.07) is 20.1. The number of nitrogens with zero attached hydrogens (tertiary/aromatic N) is 2. The van der Waals surface area contributed by atoms with E-state index in [9.17, 15) is 24.5 Å². The molecule has 0 saturated heterocycles. The fourth-order valence-corrected chi connectivity index (χ4v) is 2.84. The Morgan fingerprint density at radius 1 is 0.970 bits per heavy atom. The van der Waals surface area contributed by atoms with E-state index < -0.39 is 29.4 Å². The van der Waals surface area contributed by atoms with Gasteiger partial charge in [0.15, 0.2) is 6.61 Å². The second-order valence-electron chi connectivity index (χ2n) is 6.83. The Kier molecular flexibility index (Phi) is 7.32. The molecule has 0 bridgehead atoms. The van der Waals surface area contributed by atoms with Crippen LogP contribution in [0.2, 0.25) is 0 Å². The van der Waals surface area contributed by atoms with Gasteiger partial charge in [0, 0.05) is 17.3 Å². The maximum atomic E-state index is 12.8. The van der Waals surface area contributed by atoms with E-state index in [1.54, 1.807) is 67.6 Å². The third-order valence-electron chi connectivity index (χ3n) is 4.48. The van der Waals surface area contributed by atoms with Gasteiger partial charge in [-0.2, -0.15) is 0 Å². The molecular weight excluding hydrogens is 428 g/mol. The van der Waals surface area contributed by atoms with E-state index >= 15 is 0 Å². The second-order valence-corrected chi connectivity index (χ2v) is 6.83. The Bertz CT molecular complexity index is 1170. The maximum absolute atomic E-state index is 12.8. The Labute approximate surface area is 188 Å². The minimum absolute atomic E-state index is 0.0684. The number of nitrogens with one attached hydrogen (secondary N) is 2. The van der Waals surface area contributed by atoms with Crippen molar-refractivity contribution in [2.45, 2.75) is 6.92 Å². The Morgan fingerprint density at radius 2 is 1.61 bits per heavy atom. The summed E-state index contributed by atoms with van der Waals surface area (Å²) in [5.41, 5.74) is 3.37. The van der Waals surface area contributed by atoms with Gasteiger partial charge in [-0.25, -0.2) is 20.0 Å². The van der Waals surface area contributed by atoms with Gasteiger partial charge in [0.1, 0.15) is 0 Å². The summed E-state index contributed by atoms with van der Waals surface area (Å²) in [5.74, 6) is -1.65. The molecule has 10 heteroatoms. The lowest BCUT2D eigenvalue weighted by atomic mass is 10.1. The normalized spacial score (nSPS) is 10.1. The smallest absolute Gasteiger partial charge is 0.338 e. The molecule has 10 nitrogen and oxygen atoms in total. The zero-order valence-corrected chi connectivity index (χ0v) is 17.6. The van der Waals surface area contributed by atoms with Crippen molar-refractivity contribution in [1.82, 2.24) is 5.43 Å². The SMILES string of the molecule is Cc1ccc(C(=O)OCC(=O)N(NC(=O)Nc2ccccc2)c2ccccc2)cc1[N+](=O)[O-]. The van der Waals surface area contributed by atoms with Gasteiger partial charge in [-0.05, 0) is 37.3 Å². The van der Waals surface area contributed by atoms with Crippen molar-refractivity contribution in [3.63, 3.8) is 0 Å². The summed E-state index contributed by atoms with van der Waals surface area (Å²) in [6.07, 6.45) is 0. The van der Waals surface area contributed by atoms with Gasteiger partial charge in [0.2, 0.25) is 0 Å². The minimum atomic E-state index is -0.909. The predicted molar refractivity (Wildman–Crippen MR) is 121 cm³/mol. The highest BCUT2D eigenvalue weighted by atomic mass is 16.6. The number of nitro benzene ring substituents is 1. The largest absolute Gasteiger partial charge is 0.452 e. The summed E-state index contributed by atoms with van der Waals surface area (Å²) < 4.78 is 5.04. The second kappa shape index (κ2) is 10.5. The van der Waals surface area contributed by atoms with Crippen LogP contribution >= 0.6 is 0 Å². The third kappa shape index (κ3) is 6.14. The molecule has 3 rings (SSSR count). The summed E-state index contributed by atoms with van der Waals surface area (Å²) in [4.78, 5) is 48.0. The zero-order chi connectivity index (χ0) is 23.8. The van der Waals surface area contributed by atoms with E-state index in [2.05, 4.69) is 10.7 Å². The number of anilines is 2. The quantitative estimate of drug-likeness (QED) is 0.335. The van der Waals surface area contributed by atoms with E-state index in [4.69, 9.17) is 4.74 Å². The molecule has 0 atom stereocenters. The number of carbonyl (C=O) groups excluding carboxylic acids is 3. The molecule has 0 unspecified atom stereocenters.